The van der Waals surface area contributed by atoms with Crippen LogP contribution >= 0.6 is 0 Å². The molecule has 1 unspecified atom stereocenters. The average Bonchev–Trinajstić information content (AvgIpc) is 1.63. The van der Waals surface area contributed by atoms with E-state index in [-0.39, 0.29) is 7.43 Å². The standard InChI is InChI=1S/C9H17.CH4.Rf/c1-5-6-9(4)7-8(2)3;;/h1,5,8-9H,6-7H2,2-4H3;1H4;/q-1;;. The van der Waals surface area contributed by atoms with Gasteiger partial charge >= 0.3 is 0 Å². The van der Waals surface area contributed by atoms with Crippen LogP contribution in [0, 0.1) is 18.4 Å². The van der Waals surface area contributed by atoms with Gasteiger partial charge in [0.15, 0.2) is 0 Å². The third-order valence-electron chi connectivity index (χ3n) is 1.41. The molecule has 0 bridgehead atoms. The first-order valence-corrected chi connectivity index (χ1v) is 3.70. The van der Waals surface area contributed by atoms with E-state index in [1.807, 2.05) is 0 Å². The molecule has 0 aliphatic heterocycles. The Bertz CT molecular complexity index is 76.9. The summed E-state index contributed by atoms with van der Waals surface area (Å²) in [5, 5.41) is 0. The van der Waals surface area contributed by atoms with Crippen molar-refractivity contribution in [3.8, 4) is 0 Å². The summed E-state index contributed by atoms with van der Waals surface area (Å²) < 4.78 is 0. The Kier molecular flexibility index (Phi) is 13.0. The summed E-state index contributed by atoms with van der Waals surface area (Å²) >= 11 is 0. The molecule has 1 heteroatoms. The van der Waals surface area contributed by atoms with Crippen LogP contribution in [0.1, 0.15) is 41.0 Å². The monoisotopic (exact) mass is 408 g/mol. The fourth-order valence-electron chi connectivity index (χ4n) is 1.13. The molecule has 0 aromatic carbocycles. The van der Waals surface area contributed by atoms with Gasteiger partial charge in [-0.3, -0.25) is 6.08 Å². The fraction of sp³-hybridized carbons (Fsp3) is 0.800. The molecule has 0 amide bonds. The van der Waals surface area contributed by atoms with E-state index < -0.39 is 0 Å². The van der Waals surface area contributed by atoms with Crippen molar-refractivity contribution in [3.63, 3.8) is 0 Å². The molecule has 0 nitrogen and oxygen atoms in total. The molecule has 0 aromatic rings. The zero-order valence-corrected chi connectivity index (χ0v) is 13.8. The van der Waals surface area contributed by atoms with E-state index in [1.54, 1.807) is 6.08 Å². The SMILES string of the molecule is C.[CH-]=CCC(C)CC(C)C.[Rf]. The normalized spacial score (nSPS) is 11.3. The van der Waals surface area contributed by atoms with Crippen LogP contribution in [0.15, 0.2) is 6.08 Å². The second kappa shape index (κ2) is 8.74. The maximum Gasteiger partial charge on any atom is 0 e. The molecule has 0 aliphatic rings. The Morgan fingerprint density at radius 1 is 1.27 bits per heavy atom. The summed E-state index contributed by atoms with van der Waals surface area (Å²) in [6.45, 7) is 12.0. The molecule has 64 valence electrons. The molecular formula is C10H21Rf-. The number of rotatable bonds is 4. The largest absolute Gasteiger partial charge is 0.518 e. The van der Waals surface area contributed by atoms with Crippen molar-refractivity contribution in [2.24, 2.45) is 11.8 Å². The Balaban J connectivity index is -0.000000320. The summed E-state index contributed by atoms with van der Waals surface area (Å²) in [7, 11) is 0. The van der Waals surface area contributed by atoms with E-state index in [4.69, 9.17) is 6.58 Å². The first-order chi connectivity index (χ1) is 4.16. The van der Waals surface area contributed by atoms with Crippen molar-refractivity contribution in [1.29, 1.82) is 0 Å². The number of hydrogen-bond donors (Lipinski definition) is 0. The van der Waals surface area contributed by atoms with E-state index in [0.29, 0.717) is 0 Å². The van der Waals surface area contributed by atoms with Gasteiger partial charge in [0.25, 0.3) is 0 Å². The van der Waals surface area contributed by atoms with Gasteiger partial charge in [-0.05, 0) is 18.3 Å². The second-order valence-electron chi connectivity index (χ2n) is 3.21. The molecule has 0 spiro atoms. The Morgan fingerprint density at radius 2 is 1.73 bits per heavy atom. The van der Waals surface area contributed by atoms with Crippen molar-refractivity contribution in [2.45, 2.75) is 41.0 Å². The summed E-state index contributed by atoms with van der Waals surface area (Å²) in [5.74, 6) is 1.56. The van der Waals surface area contributed by atoms with Gasteiger partial charge in [0, 0.05) is 0 Å². The molecule has 0 saturated heterocycles. The fourth-order valence-corrected chi connectivity index (χ4v) is 1.13. The van der Waals surface area contributed by atoms with Crippen LogP contribution < -0.4 is 0 Å². The van der Waals surface area contributed by atoms with Gasteiger partial charge in [-0.1, -0.05) is 34.6 Å². The molecule has 0 aromatic heterocycles. The number of hydrogen-bond acceptors (Lipinski definition) is 0. The quantitative estimate of drug-likeness (QED) is 0.623. The summed E-state index contributed by atoms with van der Waals surface area (Å²) in [4.78, 5) is 0. The van der Waals surface area contributed by atoms with Crippen molar-refractivity contribution >= 4 is 0 Å². The summed E-state index contributed by atoms with van der Waals surface area (Å²) in [5.41, 5.74) is 0. The van der Waals surface area contributed by atoms with Crippen LogP contribution in [0.3, 0.4) is 0 Å². The molecule has 0 saturated carbocycles. The minimum atomic E-state index is 0. The Hall–Kier alpha value is -1.26. The Labute approximate surface area is 66.3 Å². The van der Waals surface area contributed by atoms with Gasteiger partial charge in [0.05, 0.1) is 0 Å². The molecule has 0 fully saturated rings. The minimum absolute atomic E-state index is 0. The molecule has 1 atom stereocenters. The molecule has 0 radical (unpaired) electrons. The topological polar surface area (TPSA) is 0 Å². The van der Waals surface area contributed by atoms with Gasteiger partial charge in [-0.15, -0.1) is 0 Å². The van der Waals surface area contributed by atoms with E-state index in [9.17, 15) is 0 Å². The van der Waals surface area contributed by atoms with Crippen LogP contribution in [0.4, 0.5) is 0 Å². The van der Waals surface area contributed by atoms with Crippen LogP contribution in [0.25, 0.3) is 0 Å². The van der Waals surface area contributed by atoms with Crippen molar-refractivity contribution < 1.29 is 0 Å². The third kappa shape index (κ3) is 12.1. The van der Waals surface area contributed by atoms with E-state index in [0.717, 1.165) is 18.3 Å². The maximum absolute atomic E-state index is 5.28. The molecule has 0 N–H and O–H groups in total. The van der Waals surface area contributed by atoms with Gasteiger partial charge in [-0.2, -0.15) is 0 Å². The average molecular weight is 408 g/mol. The van der Waals surface area contributed by atoms with E-state index >= 15 is 0 Å². The van der Waals surface area contributed by atoms with Gasteiger partial charge in [0.1, 0.15) is 0 Å². The second-order valence-corrected chi connectivity index (χ2v) is 3.21. The van der Waals surface area contributed by atoms with Crippen molar-refractivity contribution in [1.82, 2.24) is 0 Å². The predicted molar refractivity (Wildman–Crippen MR) is 48.8 cm³/mol. The smallest absolute Gasteiger partial charge is 0 e. The zero-order valence-electron chi connectivity index (χ0n) is 7.43. The Morgan fingerprint density at radius 3 is 2.00 bits per heavy atom. The van der Waals surface area contributed by atoms with Crippen molar-refractivity contribution in [2.75, 3.05) is 0 Å². The summed E-state index contributed by atoms with van der Waals surface area (Å²) in [6, 6.07) is 0. The number of allylic oxidation sites excluding steroid dienone is 1. The molecule has 11 heavy (non-hydrogen) atoms. The summed E-state index contributed by atoms with van der Waals surface area (Å²) in [6.07, 6.45) is 4.10. The van der Waals surface area contributed by atoms with Crippen LogP contribution in [-0.4, -0.2) is 0 Å². The maximum atomic E-state index is 5.28. The van der Waals surface area contributed by atoms with Crippen LogP contribution in [0.5, 0.6) is 0 Å². The van der Waals surface area contributed by atoms with E-state index in [2.05, 4.69) is 20.8 Å². The molecular weight excluding hydrogens is 387 g/mol. The van der Waals surface area contributed by atoms with Crippen LogP contribution in [-0.2, 0) is 0 Å². The first kappa shape index (κ1) is 16.4. The van der Waals surface area contributed by atoms with Crippen LogP contribution in [0.2, 0.25) is 0 Å². The minimum Gasteiger partial charge on any atom is -0.518 e. The molecule has 0 heterocycles. The third-order valence-corrected chi connectivity index (χ3v) is 1.41. The van der Waals surface area contributed by atoms with Crippen molar-refractivity contribution in [3.05, 3.63) is 12.7 Å². The molecule has 0 aliphatic carbocycles. The zero-order chi connectivity index (χ0) is 7.28. The van der Waals surface area contributed by atoms with Gasteiger partial charge < -0.3 is 6.58 Å². The van der Waals surface area contributed by atoms with Gasteiger partial charge in [-0.25, -0.2) is 0 Å². The van der Waals surface area contributed by atoms with Gasteiger partial charge in [0.2, 0.25) is 0 Å². The first-order valence-electron chi connectivity index (χ1n) is 3.70. The predicted octanol–water partition coefficient (Wildman–Crippen LogP) is 3.68. The van der Waals surface area contributed by atoms with E-state index in [1.165, 1.54) is 6.42 Å². The molecule has 0 rings (SSSR count).